The number of hydroxylamine groups is 1. The maximum atomic E-state index is 14.1. The third-order valence-electron chi connectivity index (χ3n) is 7.62. The highest BCUT2D eigenvalue weighted by atomic mass is 35.5. The molecule has 3 aromatic rings. The number of carbonyl (C=O) groups is 2. The predicted octanol–water partition coefficient (Wildman–Crippen LogP) is 4.42. The molecule has 0 radical (unpaired) electrons. The first-order valence-corrected chi connectivity index (χ1v) is 15.6. The number of nitrogens with zero attached hydrogens (tertiary/aromatic N) is 5. The summed E-state index contributed by atoms with van der Waals surface area (Å²) in [5, 5.41) is 20.5. The van der Waals surface area contributed by atoms with Gasteiger partial charge in [0.25, 0.3) is 5.91 Å². The maximum Gasteiger partial charge on any atom is 0.416 e. The van der Waals surface area contributed by atoms with Gasteiger partial charge >= 0.3 is 12.3 Å². The van der Waals surface area contributed by atoms with Crippen molar-refractivity contribution in [2.24, 2.45) is 10.2 Å². The minimum atomic E-state index is -4.68. The van der Waals surface area contributed by atoms with E-state index in [0.717, 1.165) is 17.4 Å². The minimum Gasteiger partial charge on any atom is -0.492 e. The fraction of sp³-hybridized carbons (Fsp3) is 0.387. The standard InChI is InChI=1S/C31H32ClF3N6O5S/c1-30(2,3)46-29(44)41-15-20(13-24(41)26(42)39-45-5)40(4)28-37-27(43)25(47-28)21(16-7-9-23-18(10-16)14-36-38-23)11-17-6-8-19(32)12-22(17)31(33,34)35/h6-10,12,14,20,24,43H,11,13,15H2,1-5H3,(H,39,42). The van der Waals surface area contributed by atoms with E-state index < -0.39 is 41.4 Å². The summed E-state index contributed by atoms with van der Waals surface area (Å²) in [6.45, 7) is 5.24. The SMILES string of the molecule is CONC(=O)C1CC(N(C)c2nc(O)c(C(Cc3ccc(Cl)cc3C(F)(F)F)=c3ccc4c(c3)C=NN=4)s2)CN1C(=O)OC(C)(C)C. The van der Waals surface area contributed by atoms with Crippen molar-refractivity contribution in [3.63, 3.8) is 0 Å². The highest BCUT2D eigenvalue weighted by molar-refractivity contribution is 7.17. The quantitative estimate of drug-likeness (QED) is 0.351. The highest BCUT2D eigenvalue weighted by Gasteiger charge is 2.44. The van der Waals surface area contributed by atoms with Gasteiger partial charge in [-0.15, -0.1) is 0 Å². The Labute approximate surface area is 276 Å². The number of nitrogens with one attached hydrogen (secondary N) is 1. The molecule has 2 aliphatic heterocycles. The molecular formula is C31H32ClF3N6O5S. The molecule has 3 heterocycles. The summed E-state index contributed by atoms with van der Waals surface area (Å²) in [5.41, 5.74) is 1.58. The molecule has 2 unspecified atom stereocenters. The number of rotatable bonds is 7. The number of benzene rings is 2. The molecule has 47 heavy (non-hydrogen) atoms. The fourth-order valence-electron chi connectivity index (χ4n) is 5.40. The van der Waals surface area contributed by atoms with E-state index in [1.807, 2.05) is 0 Å². The van der Waals surface area contributed by atoms with Crippen LogP contribution in [0.2, 0.25) is 5.02 Å². The van der Waals surface area contributed by atoms with Gasteiger partial charge in [0.15, 0.2) is 5.13 Å². The number of likely N-dealkylation sites (N-methyl/N-ethyl adjacent to an activating group) is 1. The first kappa shape index (κ1) is 34.1. The summed E-state index contributed by atoms with van der Waals surface area (Å²) >= 11 is 7.01. The van der Waals surface area contributed by atoms with E-state index in [0.29, 0.717) is 26.8 Å². The Morgan fingerprint density at radius 3 is 2.62 bits per heavy atom. The third-order valence-corrected chi connectivity index (χ3v) is 9.05. The number of hydrogen-bond acceptors (Lipinski definition) is 10. The van der Waals surface area contributed by atoms with Gasteiger partial charge in [-0.1, -0.05) is 35.1 Å². The van der Waals surface area contributed by atoms with Gasteiger partial charge in [-0.05, 0) is 67.8 Å². The highest BCUT2D eigenvalue weighted by Crippen LogP contribution is 2.40. The van der Waals surface area contributed by atoms with Crippen molar-refractivity contribution in [1.82, 2.24) is 15.4 Å². The number of anilines is 1. The number of ether oxygens (including phenoxy) is 1. The summed E-state index contributed by atoms with van der Waals surface area (Å²) < 4.78 is 47.8. The Balaban J connectivity index is 1.54. The molecule has 2 N–H and O–H groups in total. The zero-order valence-corrected chi connectivity index (χ0v) is 27.6. The van der Waals surface area contributed by atoms with Gasteiger partial charge < -0.3 is 14.7 Å². The number of aromatic hydroxyl groups is 1. The van der Waals surface area contributed by atoms with Crippen LogP contribution in [0.1, 0.15) is 48.8 Å². The molecule has 1 aromatic heterocycles. The number of carbonyl (C=O) groups excluding carboxylic acids is 2. The molecule has 2 atom stereocenters. The Morgan fingerprint density at radius 2 is 1.94 bits per heavy atom. The number of thiazole rings is 1. The van der Waals surface area contributed by atoms with Crippen molar-refractivity contribution in [1.29, 1.82) is 0 Å². The van der Waals surface area contributed by atoms with Crippen LogP contribution in [-0.4, -0.2) is 71.6 Å². The molecule has 5 rings (SSSR count). The summed E-state index contributed by atoms with van der Waals surface area (Å²) in [6, 6.07) is 7.36. The van der Waals surface area contributed by atoms with Crippen molar-refractivity contribution < 1.29 is 37.4 Å². The van der Waals surface area contributed by atoms with Crippen molar-refractivity contribution >= 4 is 51.9 Å². The van der Waals surface area contributed by atoms with Crippen LogP contribution in [0.3, 0.4) is 0 Å². The lowest BCUT2D eigenvalue weighted by molar-refractivity contribution is -0.138. The smallest absolute Gasteiger partial charge is 0.416 e. The molecular weight excluding hydrogens is 661 g/mol. The average Bonchev–Trinajstić information content (AvgIpc) is 3.73. The van der Waals surface area contributed by atoms with Crippen molar-refractivity contribution in [2.75, 3.05) is 25.6 Å². The van der Waals surface area contributed by atoms with Crippen molar-refractivity contribution in [3.8, 4) is 5.88 Å². The molecule has 2 amide bonds. The van der Waals surface area contributed by atoms with E-state index in [9.17, 15) is 27.9 Å². The monoisotopic (exact) mass is 692 g/mol. The second-order valence-corrected chi connectivity index (χ2v) is 13.5. The number of fused-ring (bicyclic) bond motifs is 1. The second kappa shape index (κ2) is 13.1. The second-order valence-electron chi connectivity index (χ2n) is 12.0. The van der Waals surface area contributed by atoms with Crippen LogP contribution >= 0.6 is 22.9 Å². The molecule has 1 saturated heterocycles. The lowest BCUT2D eigenvalue weighted by Crippen LogP contribution is -2.47. The van der Waals surface area contributed by atoms with Crippen LogP contribution in [-0.2, 0) is 27.0 Å². The Kier molecular flexibility index (Phi) is 9.53. The lowest BCUT2D eigenvalue weighted by atomic mass is 9.96. The van der Waals surface area contributed by atoms with Gasteiger partial charge in [-0.2, -0.15) is 28.4 Å². The molecule has 0 aliphatic carbocycles. The topological polar surface area (TPSA) is 129 Å². The number of alkyl halides is 3. The van der Waals surface area contributed by atoms with E-state index in [1.54, 1.807) is 50.9 Å². The molecule has 16 heteroatoms. The number of amides is 2. The van der Waals surface area contributed by atoms with Crippen LogP contribution in [0.4, 0.5) is 23.1 Å². The van der Waals surface area contributed by atoms with Gasteiger partial charge in [0.1, 0.15) is 11.6 Å². The van der Waals surface area contributed by atoms with E-state index in [1.165, 1.54) is 30.4 Å². The van der Waals surface area contributed by atoms with Gasteiger partial charge in [-0.3, -0.25) is 14.5 Å². The van der Waals surface area contributed by atoms with E-state index in [-0.39, 0.29) is 40.7 Å². The Morgan fingerprint density at radius 1 is 1.19 bits per heavy atom. The summed E-state index contributed by atoms with van der Waals surface area (Å²) in [6.07, 6.45) is -3.85. The largest absolute Gasteiger partial charge is 0.492 e. The van der Waals surface area contributed by atoms with Crippen molar-refractivity contribution in [2.45, 2.75) is 57.5 Å². The number of likely N-dealkylation sites (tertiary alicyclic amines) is 1. The number of halogens is 4. The van der Waals surface area contributed by atoms with Crippen LogP contribution in [0.25, 0.3) is 5.57 Å². The van der Waals surface area contributed by atoms with Gasteiger partial charge in [0, 0.05) is 30.6 Å². The van der Waals surface area contributed by atoms with E-state index in [2.05, 4.69) is 20.7 Å². The molecule has 2 aliphatic rings. The van der Waals surface area contributed by atoms with Gasteiger partial charge in [0.05, 0.1) is 35.2 Å². The molecule has 11 nitrogen and oxygen atoms in total. The van der Waals surface area contributed by atoms with Gasteiger partial charge in [-0.25, -0.2) is 10.3 Å². The molecule has 0 saturated carbocycles. The first-order chi connectivity index (χ1) is 22.1. The maximum absolute atomic E-state index is 14.1. The summed E-state index contributed by atoms with van der Waals surface area (Å²) in [7, 11) is 2.98. The van der Waals surface area contributed by atoms with Crippen LogP contribution in [0, 0.1) is 0 Å². The zero-order chi connectivity index (χ0) is 34.3. The molecule has 2 aromatic carbocycles. The Hall–Kier alpha value is -4.21. The summed E-state index contributed by atoms with van der Waals surface area (Å²) in [4.78, 5) is 38.4. The van der Waals surface area contributed by atoms with Crippen LogP contribution in [0.5, 0.6) is 5.88 Å². The van der Waals surface area contributed by atoms with Crippen LogP contribution < -0.4 is 21.0 Å². The Bertz CT molecular complexity index is 1860. The van der Waals surface area contributed by atoms with Crippen LogP contribution in [0.15, 0.2) is 46.6 Å². The molecule has 1 fully saturated rings. The summed E-state index contributed by atoms with van der Waals surface area (Å²) in [5.74, 6) is -0.924. The van der Waals surface area contributed by atoms with Gasteiger partial charge in [0.2, 0.25) is 5.88 Å². The van der Waals surface area contributed by atoms with E-state index in [4.69, 9.17) is 21.2 Å². The average molecular weight is 693 g/mol. The number of aromatic nitrogens is 1. The lowest BCUT2D eigenvalue weighted by Gasteiger charge is -2.28. The van der Waals surface area contributed by atoms with E-state index >= 15 is 0 Å². The molecule has 0 bridgehead atoms. The zero-order valence-electron chi connectivity index (χ0n) is 26.1. The fourth-order valence-corrected chi connectivity index (χ4v) is 6.63. The third kappa shape index (κ3) is 7.52. The molecule has 0 spiro atoms. The first-order valence-electron chi connectivity index (χ1n) is 14.4. The normalized spacial score (nSPS) is 18.1. The molecule has 250 valence electrons. The predicted molar refractivity (Wildman–Crippen MR) is 170 cm³/mol. The minimum absolute atomic E-state index is 0.0470. The van der Waals surface area contributed by atoms with Crippen molar-refractivity contribution in [3.05, 3.63) is 73.6 Å². The number of hydrogen-bond donors (Lipinski definition) is 2.